The number of carbonyl (C=O) groups is 2. The highest BCUT2D eigenvalue weighted by Gasteiger charge is 2.41. The second-order valence-corrected chi connectivity index (χ2v) is 9.90. The Hall–Kier alpha value is -3.88. The summed E-state index contributed by atoms with van der Waals surface area (Å²) in [5.74, 6) is 0.0339. The minimum atomic E-state index is -1.22. The van der Waals surface area contributed by atoms with Crippen molar-refractivity contribution in [1.82, 2.24) is 14.9 Å². The van der Waals surface area contributed by atoms with Gasteiger partial charge >= 0.3 is 5.97 Å². The number of anilines is 2. The number of aliphatic carboxylic acids is 1. The van der Waals surface area contributed by atoms with E-state index in [0.717, 1.165) is 34.6 Å². The number of nitrogen functional groups attached to an aromatic ring is 1. The summed E-state index contributed by atoms with van der Waals surface area (Å²) in [5, 5.41) is 21.3. The van der Waals surface area contributed by atoms with Crippen LogP contribution in [0.15, 0.2) is 47.5 Å². The quantitative estimate of drug-likeness (QED) is 0.457. The molecule has 0 aliphatic carbocycles. The van der Waals surface area contributed by atoms with Gasteiger partial charge in [-0.2, -0.15) is 5.26 Å². The number of nitrogens with zero attached hydrogens (tertiary/aromatic N) is 4. The zero-order valence-electron chi connectivity index (χ0n) is 20.4. The fourth-order valence-electron chi connectivity index (χ4n) is 4.25. The summed E-state index contributed by atoms with van der Waals surface area (Å²) in [6, 6.07) is 13.4. The zero-order chi connectivity index (χ0) is 26.4. The lowest BCUT2D eigenvalue weighted by atomic mass is 9.80. The van der Waals surface area contributed by atoms with Gasteiger partial charge in [0, 0.05) is 36.8 Å². The number of nitriles is 1. The molecule has 11 heteroatoms. The first-order chi connectivity index (χ1) is 17.8. The van der Waals surface area contributed by atoms with Crippen LogP contribution in [0.4, 0.5) is 11.4 Å². The number of fused-ring (bicyclic) bond motifs is 2. The van der Waals surface area contributed by atoms with Gasteiger partial charge in [0.1, 0.15) is 5.52 Å². The fraction of sp³-hybridized carbons (Fsp3) is 0.346. The normalized spacial score (nSPS) is 16.5. The lowest BCUT2D eigenvalue weighted by Crippen LogP contribution is -2.44. The highest BCUT2D eigenvalue weighted by atomic mass is 32.2. The van der Waals surface area contributed by atoms with E-state index < -0.39 is 11.4 Å². The molecule has 0 saturated carbocycles. The van der Waals surface area contributed by atoms with Crippen molar-refractivity contribution in [3.05, 3.63) is 48.2 Å². The molecule has 2 aliphatic heterocycles. The lowest BCUT2D eigenvalue weighted by molar-refractivity contribution is -0.147. The number of thioether (sulfide) groups is 1. The molecule has 4 N–H and O–H groups in total. The Morgan fingerprint density at radius 2 is 2.08 bits per heavy atom. The standard InChI is InChI=1S/C17H19N3O3S.C9H9N3O/c18-11-17(16(22)23)4-7-20(8-5-17)6-3-12-1-2-14-13(9-12)19-15(21)10-24-14;1-13-8-3-2-7-9(12-8)6(10)4-5-11-7/h1-2,9H,3-8,10H2,(H,19,21)(H,22,23);2-5H,1H3,(H2,10,11). The predicted octanol–water partition coefficient (Wildman–Crippen LogP) is 3.18. The molecule has 1 fully saturated rings. The molecule has 1 aromatic carbocycles. The maximum Gasteiger partial charge on any atom is 0.324 e. The topological polar surface area (TPSA) is 154 Å². The van der Waals surface area contributed by atoms with Crippen LogP contribution in [-0.2, 0) is 16.0 Å². The van der Waals surface area contributed by atoms with Gasteiger partial charge < -0.3 is 25.8 Å². The smallest absolute Gasteiger partial charge is 0.324 e. The molecule has 5 rings (SSSR count). The van der Waals surface area contributed by atoms with Crippen LogP contribution < -0.4 is 15.8 Å². The van der Waals surface area contributed by atoms with E-state index in [4.69, 9.17) is 15.7 Å². The number of nitrogens with one attached hydrogen (secondary N) is 1. The molecular formula is C26H28N6O4S. The Balaban J connectivity index is 0.000000207. The number of methoxy groups -OCH3 is 1. The maximum atomic E-state index is 11.5. The average Bonchev–Trinajstić information content (AvgIpc) is 2.92. The van der Waals surface area contributed by atoms with Crippen LogP contribution in [0.3, 0.4) is 0 Å². The summed E-state index contributed by atoms with van der Waals surface area (Å²) in [7, 11) is 1.57. The number of benzene rings is 1. The third-order valence-corrected chi connectivity index (χ3v) is 7.60. The second kappa shape index (κ2) is 11.5. The van der Waals surface area contributed by atoms with Gasteiger partial charge in [-0.1, -0.05) is 6.07 Å². The highest BCUT2D eigenvalue weighted by Crippen LogP contribution is 2.33. The first-order valence-corrected chi connectivity index (χ1v) is 12.8. The number of ether oxygens (including phenoxy) is 1. The van der Waals surface area contributed by atoms with E-state index in [2.05, 4.69) is 26.3 Å². The van der Waals surface area contributed by atoms with Crippen LogP contribution in [0.1, 0.15) is 18.4 Å². The van der Waals surface area contributed by atoms with Crippen LogP contribution in [-0.4, -0.2) is 64.3 Å². The van der Waals surface area contributed by atoms with Crippen LogP contribution in [0.25, 0.3) is 11.0 Å². The number of carboxylic acid groups (broad SMARTS) is 1. The number of likely N-dealkylation sites (tertiary alicyclic amines) is 1. The number of amides is 1. The maximum absolute atomic E-state index is 11.5. The fourth-order valence-corrected chi connectivity index (χ4v) is 5.03. The number of piperidine rings is 1. The third kappa shape index (κ3) is 6.10. The Bertz CT molecular complexity index is 1350. The second-order valence-electron chi connectivity index (χ2n) is 8.88. The van der Waals surface area contributed by atoms with Crippen molar-refractivity contribution in [1.29, 1.82) is 5.26 Å². The molecule has 2 aliphatic rings. The summed E-state index contributed by atoms with van der Waals surface area (Å²) >= 11 is 1.55. The highest BCUT2D eigenvalue weighted by molar-refractivity contribution is 8.00. The Morgan fingerprint density at radius 3 is 2.78 bits per heavy atom. The van der Waals surface area contributed by atoms with Crippen molar-refractivity contribution < 1.29 is 19.4 Å². The van der Waals surface area contributed by atoms with Crippen molar-refractivity contribution in [2.75, 3.05) is 43.5 Å². The van der Waals surface area contributed by atoms with E-state index in [-0.39, 0.29) is 5.91 Å². The number of pyridine rings is 2. The molecule has 2 aromatic heterocycles. The summed E-state index contributed by atoms with van der Waals surface area (Å²) in [6.45, 7) is 2.07. The minimum absolute atomic E-state index is 0.0298. The number of hydrogen-bond acceptors (Lipinski definition) is 9. The largest absolute Gasteiger partial charge is 0.481 e. The number of aromatic nitrogens is 2. The summed E-state index contributed by atoms with van der Waals surface area (Å²) < 4.78 is 4.98. The van der Waals surface area contributed by atoms with Crippen molar-refractivity contribution in [2.45, 2.75) is 24.2 Å². The SMILES string of the molecule is COc1ccc2nccc(N)c2n1.N#CC1(C(=O)O)CCN(CCc2ccc3c(c2)NC(=O)CS3)CC1. The van der Waals surface area contributed by atoms with Gasteiger partial charge in [-0.05, 0) is 49.1 Å². The van der Waals surface area contributed by atoms with Crippen molar-refractivity contribution in [3.8, 4) is 11.9 Å². The summed E-state index contributed by atoms with van der Waals surface area (Å²) in [5.41, 5.74) is 8.60. The molecular weight excluding hydrogens is 492 g/mol. The summed E-state index contributed by atoms with van der Waals surface area (Å²) in [4.78, 5) is 34.3. The van der Waals surface area contributed by atoms with Gasteiger partial charge in [0.25, 0.3) is 0 Å². The number of hydrogen-bond donors (Lipinski definition) is 3. The molecule has 10 nitrogen and oxygen atoms in total. The molecule has 1 saturated heterocycles. The molecule has 192 valence electrons. The summed E-state index contributed by atoms with van der Waals surface area (Å²) in [6.07, 6.45) is 3.23. The monoisotopic (exact) mass is 520 g/mol. The molecule has 0 bridgehead atoms. The van der Waals surface area contributed by atoms with E-state index in [1.165, 1.54) is 0 Å². The van der Waals surface area contributed by atoms with Crippen LogP contribution in [0.2, 0.25) is 0 Å². The zero-order valence-corrected chi connectivity index (χ0v) is 21.3. The molecule has 3 aromatic rings. The third-order valence-electron chi connectivity index (χ3n) is 6.53. The van der Waals surface area contributed by atoms with E-state index in [0.29, 0.717) is 48.8 Å². The van der Waals surface area contributed by atoms with E-state index in [9.17, 15) is 14.7 Å². The number of rotatable bonds is 5. The molecule has 0 unspecified atom stereocenters. The molecule has 37 heavy (non-hydrogen) atoms. The van der Waals surface area contributed by atoms with Crippen LogP contribution in [0, 0.1) is 16.7 Å². The Labute approximate surface area is 218 Å². The van der Waals surface area contributed by atoms with Crippen LogP contribution in [0.5, 0.6) is 5.88 Å². The van der Waals surface area contributed by atoms with E-state index in [1.807, 2.05) is 24.3 Å². The Kier molecular flexibility index (Phi) is 8.11. The van der Waals surface area contributed by atoms with Gasteiger partial charge in [-0.3, -0.25) is 14.6 Å². The molecule has 1 amide bonds. The predicted molar refractivity (Wildman–Crippen MR) is 141 cm³/mol. The van der Waals surface area contributed by atoms with Gasteiger partial charge in [-0.25, -0.2) is 4.98 Å². The van der Waals surface area contributed by atoms with Gasteiger partial charge in [-0.15, -0.1) is 11.8 Å². The van der Waals surface area contributed by atoms with E-state index >= 15 is 0 Å². The average molecular weight is 521 g/mol. The van der Waals surface area contributed by atoms with Crippen molar-refractivity contribution in [2.24, 2.45) is 5.41 Å². The van der Waals surface area contributed by atoms with Gasteiger partial charge in [0.05, 0.1) is 35.8 Å². The van der Waals surface area contributed by atoms with Crippen LogP contribution >= 0.6 is 11.8 Å². The minimum Gasteiger partial charge on any atom is -0.481 e. The number of carboxylic acids is 1. The van der Waals surface area contributed by atoms with Crippen molar-refractivity contribution >= 4 is 46.0 Å². The molecule has 0 atom stereocenters. The van der Waals surface area contributed by atoms with E-state index in [1.54, 1.807) is 37.2 Å². The van der Waals surface area contributed by atoms with Gasteiger partial charge in [0.15, 0.2) is 5.41 Å². The van der Waals surface area contributed by atoms with Crippen molar-refractivity contribution in [3.63, 3.8) is 0 Å². The van der Waals surface area contributed by atoms with Gasteiger partial charge in [0.2, 0.25) is 11.8 Å². The number of nitrogens with two attached hydrogens (primary N) is 1. The first kappa shape index (κ1) is 26.2. The molecule has 4 heterocycles. The first-order valence-electron chi connectivity index (χ1n) is 11.8. The lowest BCUT2D eigenvalue weighted by Gasteiger charge is -2.34. The Morgan fingerprint density at radius 1 is 1.30 bits per heavy atom. The number of carbonyl (C=O) groups excluding carboxylic acids is 1. The molecule has 0 spiro atoms. The molecule has 0 radical (unpaired) electrons.